The predicted octanol–water partition coefficient (Wildman–Crippen LogP) is 4.71. The molecule has 2 atom stereocenters. The number of terminal acetylenes is 1. The third-order valence-corrected chi connectivity index (χ3v) is 9.97. The van der Waals surface area contributed by atoms with Gasteiger partial charge in [-0.2, -0.15) is 9.97 Å². The number of aromatic nitrogens is 2. The molecule has 0 amide bonds. The van der Waals surface area contributed by atoms with Gasteiger partial charge in [0.25, 0.3) is 0 Å². The van der Waals surface area contributed by atoms with Crippen molar-refractivity contribution < 1.29 is 19.0 Å². The summed E-state index contributed by atoms with van der Waals surface area (Å²) in [4.78, 5) is 14.3. The van der Waals surface area contributed by atoms with E-state index in [0.717, 1.165) is 63.8 Å². The molecule has 0 spiro atoms. The summed E-state index contributed by atoms with van der Waals surface area (Å²) in [5.74, 6) is 2.98. The number of piperazine rings is 1. The van der Waals surface area contributed by atoms with E-state index >= 15 is 4.39 Å². The van der Waals surface area contributed by atoms with Crippen LogP contribution in [0.1, 0.15) is 31.2 Å². The normalized spacial score (nSPS) is 22.7. The van der Waals surface area contributed by atoms with E-state index in [-0.39, 0.29) is 22.7 Å². The van der Waals surface area contributed by atoms with Crippen LogP contribution in [-0.2, 0) is 4.74 Å². The molecular weight excluding hydrogens is 557 g/mol. The molecule has 4 heterocycles. The maximum Gasteiger partial charge on any atom is 0.319 e. The highest BCUT2D eigenvalue weighted by Gasteiger charge is 2.47. The Morgan fingerprint density at radius 2 is 1.86 bits per heavy atom. The Kier molecular flexibility index (Phi) is 6.63. The van der Waals surface area contributed by atoms with Crippen LogP contribution in [0.15, 0.2) is 42.5 Å². The van der Waals surface area contributed by atoms with Crippen LogP contribution in [-0.4, -0.2) is 84.6 Å². The van der Waals surface area contributed by atoms with Crippen LogP contribution < -0.4 is 15.0 Å². The molecule has 8 nitrogen and oxygen atoms in total. The zero-order valence-electron chi connectivity index (χ0n) is 24.9. The first-order chi connectivity index (χ1) is 21.4. The number of phenols is 1. The molecule has 3 aromatic carbocycles. The largest absolute Gasteiger partial charge is 0.508 e. The van der Waals surface area contributed by atoms with Crippen molar-refractivity contribution in [2.24, 2.45) is 5.41 Å². The van der Waals surface area contributed by atoms with Gasteiger partial charge in [0.05, 0.1) is 12.7 Å². The molecule has 1 aromatic heterocycles. The number of fused-ring (bicyclic) bond motifs is 4. The van der Waals surface area contributed by atoms with E-state index in [1.807, 2.05) is 24.3 Å². The Bertz CT molecular complexity index is 1800. The average molecular weight is 594 g/mol. The second-order valence-corrected chi connectivity index (χ2v) is 13.1. The van der Waals surface area contributed by atoms with Gasteiger partial charge in [-0.3, -0.25) is 4.90 Å². The van der Waals surface area contributed by atoms with Gasteiger partial charge in [-0.05, 0) is 60.9 Å². The topological polar surface area (TPSA) is 83.0 Å². The van der Waals surface area contributed by atoms with Crippen LogP contribution in [0.25, 0.3) is 32.8 Å². The van der Waals surface area contributed by atoms with Gasteiger partial charge in [0.15, 0.2) is 5.82 Å². The van der Waals surface area contributed by atoms with Gasteiger partial charge in [-0.25, -0.2) is 4.39 Å². The summed E-state index contributed by atoms with van der Waals surface area (Å²) in [5.41, 5.74) is 1.75. The minimum atomic E-state index is -0.486. The molecule has 9 heteroatoms. The molecule has 3 aliphatic heterocycles. The molecular formula is C35H36FN5O3. The lowest BCUT2D eigenvalue weighted by atomic mass is 9.93. The molecule has 4 aromatic rings. The second-order valence-electron chi connectivity index (χ2n) is 13.1. The van der Waals surface area contributed by atoms with Gasteiger partial charge < -0.3 is 24.8 Å². The number of nitrogens with one attached hydrogen (secondary N) is 1. The molecule has 226 valence electrons. The van der Waals surface area contributed by atoms with E-state index in [0.29, 0.717) is 58.1 Å². The Labute approximate surface area is 256 Å². The van der Waals surface area contributed by atoms with E-state index in [4.69, 9.17) is 25.9 Å². The average Bonchev–Trinajstić information content (AvgIpc) is 3.71. The Morgan fingerprint density at radius 3 is 2.59 bits per heavy atom. The van der Waals surface area contributed by atoms with Crippen LogP contribution >= 0.6 is 0 Å². The second kappa shape index (κ2) is 10.6. The number of rotatable bonds is 8. The van der Waals surface area contributed by atoms with E-state index in [9.17, 15) is 5.11 Å². The molecule has 2 unspecified atom stereocenters. The highest BCUT2D eigenvalue weighted by Crippen LogP contribution is 2.47. The van der Waals surface area contributed by atoms with Gasteiger partial charge in [0.1, 0.15) is 17.1 Å². The van der Waals surface area contributed by atoms with Gasteiger partial charge in [-0.15, -0.1) is 6.42 Å². The molecule has 44 heavy (non-hydrogen) atoms. The van der Waals surface area contributed by atoms with Crippen molar-refractivity contribution >= 4 is 27.5 Å². The fourth-order valence-electron chi connectivity index (χ4n) is 7.37. The maximum atomic E-state index is 16.8. The Balaban J connectivity index is 1.20. The SMILES string of the molecule is C#Cc1cccc2cc(O)cc(-c3ccc4c(N5CC6CCC(C5)N6)nc(OCC5(CN6CC(OC)C6)CC5)nc4c3F)c12. The van der Waals surface area contributed by atoms with Crippen LogP contribution in [0.4, 0.5) is 10.2 Å². The first-order valence-corrected chi connectivity index (χ1v) is 15.5. The Morgan fingerprint density at radius 1 is 1.07 bits per heavy atom. The third kappa shape index (κ3) is 4.82. The lowest BCUT2D eigenvalue weighted by Gasteiger charge is -2.40. The first kappa shape index (κ1) is 27.6. The fourth-order valence-corrected chi connectivity index (χ4v) is 7.37. The summed E-state index contributed by atoms with van der Waals surface area (Å²) >= 11 is 0. The minimum absolute atomic E-state index is 0.0404. The van der Waals surface area contributed by atoms with Crippen LogP contribution in [0, 0.1) is 23.6 Å². The first-order valence-electron chi connectivity index (χ1n) is 15.5. The van der Waals surface area contributed by atoms with E-state index in [1.165, 1.54) is 0 Å². The van der Waals surface area contributed by atoms with Crippen molar-refractivity contribution in [2.45, 2.75) is 43.9 Å². The lowest BCUT2D eigenvalue weighted by Crippen LogP contribution is -2.54. The smallest absolute Gasteiger partial charge is 0.319 e. The monoisotopic (exact) mass is 593 g/mol. The molecule has 2 N–H and O–H groups in total. The summed E-state index contributed by atoms with van der Waals surface area (Å²) in [6, 6.07) is 13.4. The number of hydrogen-bond acceptors (Lipinski definition) is 8. The zero-order valence-corrected chi connectivity index (χ0v) is 24.9. The highest BCUT2D eigenvalue weighted by atomic mass is 19.1. The summed E-state index contributed by atoms with van der Waals surface area (Å²) in [5, 5.41) is 16.4. The van der Waals surface area contributed by atoms with Gasteiger partial charge in [-0.1, -0.05) is 24.1 Å². The highest BCUT2D eigenvalue weighted by molar-refractivity contribution is 6.04. The molecule has 1 aliphatic carbocycles. The van der Waals surface area contributed by atoms with Crippen molar-refractivity contribution in [3.63, 3.8) is 0 Å². The maximum absolute atomic E-state index is 16.8. The van der Waals surface area contributed by atoms with Gasteiger partial charge in [0, 0.05) is 79.2 Å². The van der Waals surface area contributed by atoms with Crippen molar-refractivity contribution in [3.8, 4) is 35.2 Å². The van der Waals surface area contributed by atoms with Gasteiger partial charge in [0.2, 0.25) is 0 Å². The molecule has 3 saturated heterocycles. The van der Waals surface area contributed by atoms with E-state index in [1.54, 1.807) is 25.3 Å². The van der Waals surface area contributed by atoms with E-state index < -0.39 is 5.82 Å². The summed E-state index contributed by atoms with van der Waals surface area (Å²) in [6.07, 6.45) is 10.6. The molecule has 4 aliphatic rings. The number of benzene rings is 3. The number of nitrogens with zero attached hydrogens (tertiary/aromatic N) is 4. The number of methoxy groups -OCH3 is 1. The fraction of sp³-hybridized carbons (Fsp3) is 0.429. The number of phenolic OH excluding ortho intramolecular Hbond substituents is 1. The number of likely N-dealkylation sites (tertiary alicyclic amines) is 1. The van der Waals surface area contributed by atoms with Crippen molar-refractivity contribution in [2.75, 3.05) is 51.3 Å². The predicted molar refractivity (Wildman–Crippen MR) is 169 cm³/mol. The number of anilines is 1. The van der Waals surface area contributed by atoms with Crippen LogP contribution in [0.2, 0.25) is 0 Å². The molecule has 8 rings (SSSR count). The van der Waals surface area contributed by atoms with Gasteiger partial charge >= 0.3 is 6.01 Å². The number of aromatic hydroxyl groups is 1. The molecule has 4 fully saturated rings. The molecule has 0 radical (unpaired) electrons. The standard InChI is InChI=1S/C35H36FN5O3/c1-3-21-5-4-6-22-13-25(42)14-29(30(21)22)27-9-10-28-32(31(27)36)38-34(39-33(28)41-15-23-7-8-24(16-41)37-23)44-20-35(11-12-35)19-40-17-26(18-40)43-2/h1,4-6,9-10,13-14,23-24,26,37,42H,7-8,11-12,15-20H2,2H3. The van der Waals surface area contributed by atoms with E-state index in [2.05, 4.69) is 21.0 Å². The minimum Gasteiger partial charge on any atom is -0.508 e. The summed E-state index contributed by atoms with van der Waals surface area (Å²) < 4.78 is 28.6. The molecule has 1 saturated carbocycles. The number of ether oxygens (including phenoxy) is 2. The third-order valence-electron chi connectivity index (χ3n) is 9.97. The van der Waals surface area contributed by atoms with Crippen molar-refractivity contribution in [1.82, 2.24) is 20.2 Å². The number of hydrogen-bond donors (Lipinski definition) is 2. The van der Waals surface area contributed by atoms with Crippen molar-refractivity contribution in [1.29, 1.82) is 0 Å². The number of halogens is 1. The van der Waals surface area contributed by atoms with Crippen molar-refractivity contribution in [3.05, 3.63) is 53.8 Å². The summed E-state index contributed by atoms with van der Waals surface area (Å²) in [7, 11) is 1.76. The van der Waals surface area contributed by atoms with Crippen LogP contribution in [0.5, 0.6) is 11.8 Å². The summed E-state index contributed by atoms with van der Waals surface area (Å²) in [6.45, 7) is 4.93. The Hall–Kier alpha value is -3.97. The quantitative estimate of drug-likeness (QED) is 0.285. The van der Waals surface area contributed by atoms with Crippen LogP contribution in [0.3, 0.4) is 0 Å². The molecule has 2 bridgehead atoms. The zero-order chi connectivity index (χ0) is 30.0. The lowest BCUT2D eigenvalue weighted by molar-refractivity contribution is -0.0410.